The smallest absolute Gasteiger partial charge is 0.105 e. The van der Waals surface area contributed by atoms with E-state index in [0.717, 1.165) is 49.7 Å². The molecule has 2 aliphatic carbocycles. The van der Waals surface area contributed by atoms with Crippen molar-refractivity contribution in [1.82, 2.24) is 0 Å². The average Bonchev–Trinajstić information content (AvgIpc) is 2.87. The second kappa shape index (κ2) is 4.28. The van der Waals surface area contributed by atoms with Gasteiger partial charge in [-0.2, -0.15) is 0 Å². The molecule has 2 atom stereocenters. The molecule has 0 fully saturated rings. The molecule has 0 heterocycles. The van der Waals surface area contributed by atoms with Gasteiger partial charge in [0.1, 0.15) is 12.2 Å². The molecular formula is C12H18O2. The number of hydrogen-bond donors (Lipinski definition) is 2. The van der Waals surface area contributed by atoms with Crippen molar-refractivity contribution in [3.8, 4) is 0 Å². The van der Waals surface area contributed by atoms with Crippen LogP contribution >= 0.6 is 0 Å². The van der Waals surface area contributed by atoms with Gasteiger partial charge in [-0.3, -0.25) is 0 Å². The molecule has 2 heteroatoms. The number of rotatable bonds is 3. The van der Waals surface area contributed by atoms with Crippen LogP contribution in [-0.2, 0) is 0 Å². The van der Waals surface area contributed by atoms with Gasteiger partial charge in [0.15, 0.2) is 0 Å². The van der Waals surface area contributed by atoms with Crippen molar-refractivity contribution in [3.63, 3.8) is 0 Å². The van der Waals surface area contributed by atoms with Gasteiger partial charge in [-0.25, -0.2) is 0 Å². The van der Waals surface area contributed by atoms with E-state index >= 15 is 0 Å². The van der Waals surface area contributed by atoms with Crippen molar-refractivity contribution in [2.75, 3.05) is 0 Å². The molecule has 0 aromatic heterocycles. The van der Waals surface area contributed by atoms with Gasteiger partial charge in [0.25, 0.3) is 0 Å². The van der Waals surface area contributed by atoms with Crippen LogP contribution in [0.1, 0.15) is 38.5 Å². The second-order valence-electron chi connectivity index (χ2n) is 4.23. The highest BCUT2D eigenvalue weighted by molar-refractivity contribution is 5.23. The van der Waals surface area contributed by atoms with Crippen LogP contribution in [0.3, 0.4) is 0 Å². The van der Waals surface area contributed by atoms with Gasteiger partial charge in [-0.05, 0) is 49.7 Å². The summed E-state index contributed by atoms with van der Waals surface area (Å²) in [6.45, 7) is 0. The highest BCUT2D eigenvalue weighted by Crippen LogP contribution is 2.28. The summed E-state index contributed by atoms with van der Waals surface area (Å²) in [5.41, 5.74) is 2.07. The average molecular weight is 194 g/mol. The summed E-state index contributed by atoms with van der Waals surface area (Å²) in [4.78, 5) is 0. The molecule has 0 amide bonds. The predicted octanol–water partition coefficient (Wildman–Crippen LogP) is 1.93. The van der Waals surface area contributed by atoms with Crippen LogP contribution in [0.5, 0.6) is 0 Å². The number of aliphatic hydroxyl groups is 2. The Kier molecular flexibility index (Phi) is 3.04. The first-order valence-electron chi connectivity index (χ1n) is 5.53. The van der Waals surface area contributed by atoms with E-state index in [4.69, 9.17) is 0 Å². The Morgan fingerprint density at radius 3 is 1.57 bits per heavy atom. The third kappa shape index (κ3) is 1.91. The van der Waals surface area contributed by atoms with Crippen molar-refractivity contribution >= 4 is 0 Å². The summed E-state index contributed by atoms with van der Waals surface area (Å²) in [6.07, 6.45) is 9.10. The quantitative estimate of drug-likeness (QED) is 0.674. The third-order valence-electron chi connectivity index (χ3n) is 3.21. The van der Waals surface area contributed by atoms with E-state index in [-0.39, 0.29) is 0 Å². The molecule has 2 nitrogen and oxygen atoms in total. The maximum absolute atomic E-state index is 9.92. The molecule has 0 spiro atoms. The Balaban J connectivity index is 1.99. The van der Waals surface area contributed by atoms with Crippen molar-refractivity contribution in [1.29, 1.82) is 0 Å². The van der Waals surface area contributed by atoms with E-state index in [2.05, 4.69) is 12.2 Å². The molecule has 0 bridgehead atoms. The monoisotopic (exact) mass is 194 g/mol. The van der Waals surface area contributed by atoms with Crippen LogP contribution in [-0.4, -0.2) is 22.4 Å². The van der Waals surface area contributed by atoms with Crippen LogP contribution in [0, 0.1) is 0 Å². The molecule has 0 saturated carbocycles. The number of aliphatic hydroxyl groups excluding tert-OH is 2. The highest BCUT2D eigenvalue weighted by Gasteiger charge is 2.26. The van der Waals surface area contributed by atoms with Crippen LogP contribution < -0.4 is 0 Å². The Bertz CT molecular complexity index is 237. The minimum Gasteiger partial charge on any atom is -0.386 e. The molecule has 78 valence electrons. The Labute approximate surface area is 85.0 Å². The molecule has 0 saturated heterocycles. The fourth-order valence-electron chi connectivity index (χ4n) is 2.33. The van der Waals surface area contributed by atoms with Crippen LogP contribution in [0.15, 0.2) is 23.3 Å². The zero-order valence-electron chi connectivity index (χ0n) is 8.45. The molecule has 2 N–H and O–H groups in total. The topological polar surface area (TPSA) is 40.5 Å². The zero-order valence-corrected chi connectivity index (χ0v) is 8.45. The number of hydrogen-bond acceptors (Lipinski definition) is 2. The van der Waals surface area contributed by atoms with Crippen LogP contribution in [0.4, 0.5) is 0 Å². The van der Waals surface area contributed by atoms with Crippen LogP contribution in [0.2, 0.25) is 0 Å². The van der Waals surface area contributed by atoms with Gasteiger partial charge in [0.2, 0.25) is 0 Å². The zero-order chi connectivity index (χ0) is 9.97. The lowest BCUT2D eigenvalue weighted by Gasteiger charge is -2.20. The molecule has 14 heavy (non-hydrogen) atoms. The fourth-order valence-corrected chi connectivity index (χ4v) is 2.33. The molecule has 0 radical (unpaired) electrons. The molecule has 0 unspecified atom stereocenters. The van der Waals surface area contributed by atoms with Crippen LogP contribution in [0.25, 0.3) is 0 Å². The predicted molar refractivity (Wildman–Crippen MR) is 55.9 cm³/mol. The summed E-state index contributed by atoms with van der Waals surface area (Å²) >= 11 is 0. The minimum atomic E-state index is -0.651. The molecule has 2 rings (SSSR count). The summed E-state index contributed by atoms with van der Waals surface area (Å²) in [6, 6.07) is 0. The van der Waals surface area contributed by atoms with Gasteiger partial charge in [-0.15, -0.1) is 0 Å². The number of allylic oxidation sites excluding steroid dienone is 2. The van der Waals surface area contributed by atoms with E-state index in [0.29, 0.717) is 0 Å². The van der Waals surface area contributed by atoms with Crippen molar-refractivity contribution < 1.29 is 10.2 Å². The van der Waals surface area contributed by atoms with E-state index in [1.807, 2.05) is 0 Å². The highest BCUT2D eigenvalue weighted by atomic mass is 16.3. The fraction of sp³-hybridized carbons (Fsp3) is 0.667. The molecule has 0 aromatic rings. The van der Waals surface area contributed by atoms with Gasteiger partial charge in [-0.1, -0.05) is 12.2 Å². The van der Waals surface area contributed by atoms with Gasteiger partial charge < -0.3 is 10.2 Å². The Morgan fingerprint density at radius 1 is 0.857 bits per heavy atom. The Morgan fingerprint density at radius 2 is 1.29 bits per heavy atom. The van der Waals surface area contributed by atoms with E-state index in [9.17, 15) is 10.2 Å². The van der Waals surface area contributed by atoms with E-state index < -0.39 is 12.2 Å². The van der Waals surface area contributed by atoms with E-state index in [1.165, 1.54) is 0 Å². The summed E-state index contributed by atoms with van der Waals surface area (Å²) in [5.74, 6) is 0. The standard InChI is InChI=1S/C12H18O2/c13-11(9-5-1-2-6-9)12(14)10-7-3-4-8-10/h5,7,11-14H,1-4,6,8H2/t11-,12-/m1/s1. The van der Waals surface area contributed by atoms with Gasteiger partial charge in [0, 0.05) is 0 Å². The maximum Gasteiger partial charge on any atom is 0.105 e. The van der Waals surface area contributed by atoms with Crippen molar-refractivity contribution in [2.24, 2.45) is 0 Å². The van der Waals surface area contributed by atoms with Gasteiger partial charge in [0.05, 0.1) is 0 Å². The van der Waals surface area contributed by atoms with Gasteiger partial charge >= 0.3 is 0 Å². The lowest BCUT2D eigenvalue weighted by atomic mass is 9.97. The lowest BCUT2D eigenvalue weighted by Crippen LogP contribution is -2.28. The normalized spacial score (nSPS) is 25.9. The van der Waals surface area contributed by atoms with Crippen molar-refractivity contribution in [3.05, 3.63) is 23.3 Å². The summed E-state index contributed by atoms with van der Waals surface area (Å²) < 4.78 is 0. The Hall–Kier alpha value is -0.600. The minimum absolute atomic E-state index is 0.651. The van der Waals surface area contributed by atoms with E-state index in [1.54, 1.807) is 0 Å². The maximum atomic E-state index is 9.92. The van der Waals surface area contributed by atoms with Crippen molar-refractivity contribution in [2.45, 2.75) is 50.7 Å². The molecule has 2 aliphatic rings. The third-order valence-corrected chi connectivity index (χ3v) is 3.21. The largest absolute Gasteiger partial charge is 0.386 e. The molecule has 0 aliphatic heterocycles. The first-order chi connectivity index (χ1) is 6.79. The molecular weight excluding hydrogens is 176 g/mol. The summed E-state index contributed by atoms with van der Waals surface area (Å²) in [5, 5.41) is 19.8. The first-order valence-corrected chi connectivity index (χ1v) is 5.53. The lowest BCUT2D eigenvalue weighted by molar-refractivity contribution is 0.0629. The first kappa shape index (κ1) is 9.94. The summed E-state index contributed by atoms with van der Waals surface area (Å²) in [7, 11) is 0. The molecule has 0 aromatic carbocycles. The SMILES string of the molecule is O[C@H](C1=CCCC1)[C@H](O)C1=CCCC1. The second-order valence-corrected chi connectivity index (χ2v) is 4.23.